The van der Waals surface area contributed by atoms with E-state index in [1.807, 2.05) is 19.3 Å². The monoisotopic (exact) mass is 247 g/mol. The average Bonchev–Trinajstić information content (AvgIpc) is 2.96. The number of nitrogens with zero attached hydrogens (tertiary/aromatic N) is 5. The van der Waals surface area contributed by atoms with Crippen LogP contribution in [0.2, 0.25) is 0 Å². The van der Waals surface area contributed by atoms with Crippen molar-refractivity contribution in [3.63, 3.8) is 0 Å². The van der Waals surface area contributed by atoms with E-state index in [1.54, 1.807) is 9.13 Å². The summed E-state index contributed by atoms with van der Waals surface area (Å²) < 4.78 is 5.53. The molecule has 3 rings (SSSR count). The number of imidazole rings is 1. The fourth-order valence-electron chi connectivity index (χ4n) is 2.45. The lowest BCUT2D eigenvalue weighted by atomic mass is 10.2. The molecule has 18 heavy (non-hydrogen) atoms. The van der Waals surface area contributed by atoms with Gasteiger partial charge < -0.3 is 4.57 Å². The van der Waals surface area contributed by atoms with Crippen LogP contribution < -0.4 is 5.69 Å². The zero-order chi connectivity index (χ0) is 12.5. The van der Waals surface area contributed by atoms with Crippen molar-refractivity contribution in [1.82, 2.24) is 23.9 Å². The highest BCUT2D eigenvalue weighted by atomic mass is 16.1. The van der Waals surface area contributed by atoms with Crippen molar-refractivity contribution < 1.29 is 0 Å². The summed E-state index contributed by atoms with van der Waals surface area (Å²) in [6, 6.07) is 0. The molecule has 0 radical (unpaired) electrons. The number of rotatable bonds is 3. The van der Waals surface area contributed by atoms with Crippen LogP contribution in [0, 0.1) is 0 Å². The second-order valence-corrected chi connectivity index (χ2v) is 4.64. The van der Waals surface area contributed by atoms with Crippen molar-refractivity contribution in [2.75, 3.05) is 0 Å². The van der Waals surface area contributed by atoms with E-state index in [4.69, 9.17) is 0 Å². The molecule has 0 amide bonds. The average molecular weight is 247 g/mol. The lowest BCUT2D eigenvalue weighted by Gasteiger charge is -2.14. The van der Waals surface area contributed by atoms with Crippen LogP contribution in [0.4, 0.5) is 0 Å². The molecule has 3 heterocycles. The summed E-state index contributed by atoms with van der Waals surface area (Å²) in [6.07, 6.45) is 6.98. The zero-order valence-electron chi connectivity index (χ0n) is 10.5. The highest BCUT2D eigenvalue weighted by Crippen LogP contribution is 2.14. The van der Waals surface area contributed by atoms with Gasteiger partial charge in [0.25, 0.3) is 0 Å². The van der Waals surface area contributed by atoms with Gasteiger partial charge in [0.15, 0.2) is 5.82 Å². The summed E-state index contributed by atoms with van der Waals surface area (Å²) >= 11 is 0. The van der Waals surface area contributed by atoms with Gasteiger partial charge in [0.1, 0.15) is 5.82 Å². The third-order valence-electron chi connectivity index (χ3n) is 3.51. The highest BCUT2D eigenvalue weighted by Gasteiger charge is 2.16. The molecule has 6 nitrogen and oxygen atoms in total. The smallest absolute Gasteiger partial charge is 0.313 e. The van der Waals surface area contributed by atoms with E-state index in [9.17, 15) is 4.79 Å². The number of fused-ring (bicyclic) bond motifs is 1. The molecule has 1 aliphatic heterocycles. The van der Waals surface area contributed by atoms with Crippen LogP contribution in [-0.2, 0) is 26.1 Å². The van der Waals surface area contributed by atoms with Crippen LogP contribution in [0.15, 0.2) is 17.2 Å². The largest absolute Gasteiger partial charge is 0.328 e. The minimum atomic E-state index is 0.0191. The maximum atomic E-state index is 12.0. The zero-order valence-corrected chi connectivity index (χ0v) is 10.5. The quantitative estimate of drug-likeness (QED) is 0.800. The third-order valence-corrected chi connectivity index (χ3v) is 3.51. The summed E-state index contributed by atoms with van der Waals surface area (Å²) in [5.41, 5.74) is 0.0191. The molecule has 0 N–H and O–H groups in total. The summed E-state index contributed by atoms with van der Waals surface area (Å²) in [6.45, 7) is 4.15. The molecule has 0 saturated heterocycles. The molecule has 0 unspecified atom stereocenters. The van der Waals surface area contributed by atoms with E-state index < -0.39 is 0 Å². The van der Waals surface area contributed by atoms with Crippen molar-refractivity contribution >= 4 is 0 Å². The second-order valence-electron chi connectivity index (χ2n) is 4.64. The standard InChI is InChI=1S/C12H17N5O/c1-2-15-7-8-16(12(15)18)9-11-14-13-10-5-3-4-6-17(10)11/h7-8H,2-6,9H2,1H3. The molecule has 0 bridgehead atoms. The molecule has 2 aromatic heterocycles. The summed E-state index contributed by atoms with van der Waals surface area (Å²) in [5, 5.41) is 8.41. The summed E-state index contributed by atoms with van der Waals surface area (Å²) in [5.74, 6) is 1.94. The molecule has 2 aromatic rings. The van der Waals surface area contributed by atoms with Crippen molar-refractivity contribution in [2.45, 2.75) is 45.8 Å². The molecule has 0 saturated carbocycles. The van der Waals surface area contributed by atoms with Gasteiger partial charge in [0, 0.05) is 31.9 Å². The van der Waals surface area contributed by atoms with Crippen molar-refractivity contribution in [3.05, 3.63) is 34.5 Å². The minimum absolute atomic E-state index is 0.0191. The maximum Gasteiger partial charge on any atom is 0.328 e. The van der Waals surface area contributed by atoms with Crippen LogP contribution in [0.5, 0.6) is 0 Å². The molecular formula is C12H17N5O. The van der Waals surface area contributed by atoms with Gasteiger partial charge in [-0.25, -0.2) is 4.79 Å². The van der Waals surface area contributed by atoms with Gasteiger partial charge in [-0.2, -0.15) is 0 Å². The summed E-state index contributed by atoms with van der Waals surface area (Å²) in [4.78, 5) is 12.0. The molecule has 0 aliphatic carbocycles. The first kappa shape index (κ1) is 11.3. The Kier molecular flexibility index (Phi) is 2.77. The Labute approximate surface area is 105 Å². The van der Waals surface area contributed by atoms with E-state index >= 15 is 0 Å². The van der Waals surface area contributed by atoms with Gasteiger partial charge in [-0.15, -0.1) is 10.2 Å². The second kappa shape index (κ2) is 4.44. The Morgan fingerprint density at radius 1 is 1.22 bits per heavy atom. The predicted molar refractivity (Wildman–Crippen MR) is 66.4 cm³/mol. The van der Waals surface area contributed by atoms with Crippen LogP contribution in [0.1, 0.15) is 31.4 Å². The fraction of sp³-hybridized carbons (Fsp3) is 0.583. The first-order valence-corrected chi connectivity index (χ1v) is 6.46. The Morgan fingerprint density at radius 2 is 2.06 bits per heavy atom. The number of hydrogen-bond donors (Lipinski definition) is 0. The van der Waals surface area contributed by atoms with Crippen LogP contribution in [-0.4, -0.2) is 23.9 Å². The number of aryl methyl sites for hydroxylation is 2. The van der Waals surface area contributed by atoms with Gasteiger partial charge >= 0.3 is 5.69 Å². The first-order chi connectivity index (χ1) is 8.79. The van der Waals surface area contributed by atoms with E-state index in [2.05, 4.69) is 14.8 Å². The van der Waals surface area contributed by atoms with E-state index in [1.165, 1.54) is 12.8 Å². The number of hydrogen-bond acceptors (Lipinski definition) is 3. The van der Waals surface area contributed by atoms with Gasteiger partial charge in [-0.05, 0) is 19.8 Å². The third kappa shape index (κ3) is 1.77. The maximum absolute atomic E-state index is 12.0. The Balaban J connectivity index is 1.90. The van der Waals surface area contributed by atoms with Gasteiger partial charge in [0.05, 0.1) is 6.54 Å². The van der Waals surface area contributed by atoms with E-state index in [-0.39, 0.29) is 5.69 Å². The lowest BCUT2D eigenvalue weighted by Crippen LogP contribution is -2.25. The van der Waals surface area contributed by atoms with Crippen molar-refractivity contribution in [3.8, 4) is 0 Å². The van der Waals surface area contributed by atoms with E-state index in [0.717, 1.165) is 24.6 Å². The molecule has 96 valence electrons. The van der Waals surface area contributed by atoms with Gasteiger partial charge in [-0.1, -0.05) is 0 Å². The lowest BCUT2D eigenvalue weighted by molar-refractivity contribution is 0.499. The Hall–Kier alpha value is -1.85. The molecule has 1 aliphatic rings. The molecule has 0 aromatic carbocycles. The van der Waals surface area contributed by atoms with Crippen molar-refractivity contribution in [2.24, 2.45) is 0 Å². The van der Waals surface area contributed by atoms with Gasteiger partial charge in [0.2, 0.25) is 0 Å². The molecule has 6 heteroatoms. The van der Waals surface area contributed by atoms with Crippen molar-refractivity contribution in [1.29, 1.82) is 0 Å². The van der Waals surface area contributed by atoms with E-state index in [0.29, 0.717) is 13.1 Å². The first-order valence-electron chi connectivity index (χ1n) is 6.46. The van der Waals surface area contributed by atoms with Crippen LogP contribution in [0.25, 0.3) is 0 Å². The Bertz CT molecular complexity index is 606. The summed E-state index contributed by atoms with van der Waals surface area (Å²) in [7, 11) is 0. The highest BCUT2D eigenvalue weighted by molar-refractivity contribution is 5.00. The number of aromatic nitrogens is 5. The molecule has 0 spiro atoms. The minimum Gasteiger partial charge on any atom is -0.313 e. The van der Waals surface area contributed by atoms with Crippen LogP contribution >= 0.6 is 0 Å². The Morgan fingerprint density at radius 3 is 2.83 bits per heavy atom. The molecular weight excluding hydrogens is 230 g/mol. The van der Waals surface area contributed by atoms with Crippen LogP contribution in [0.3, 0.4) is 0 Å². The molecule has 0 fully saturated rings. The normalized spacial score (nSPS) is 14.7. The SMILES string of the molecule is CCn1ccn(Cc2nnc3n2CCCC3)c1=O. The van der Waals surface area contributed by atoms with Gasteiger partial charge in [-0.3, -0.25) is 9.13 Å². The fourth-order valence-corrected chi connectivity index (χ4v) is 2.45. The molecule has 0 atom stereocenters. The topological polar surface area (TPSA) is 57.6 Å². The predicted octanol–water partition coefficient (Wildman–Crippen LogP) is 0.646.